The number of urea groups is 1. The number of piperazine rings is 1. The van der Waals surface area contributed by atoms with Gasteiger partial charge >= 0.3 is 12.2 Å². The smallest absolute Gasteiger partial charge is 0.376 e. The van der Waals surface area contributed by atoms with Gasteiger partial charge in [-0.3, -0.25) is 9.59 Å². The van der Waals surface area contributed by atoms with Crippen LogP contribution in [0.15, 0.2) is 41.8 Å². The minimum atomic E-state index is -4.47. The van der Waals surface area contributed by atoms with E-state index in [0.29, 0.717) is 13.2 Å². The molecule has 2 atom stereocenters. The molecule has 4 rings (SSSR count). The fourth-order valence-electron chi connectivity index (χ4n) is 4.24. The van der Waals surface area contributed by atoms with Crippen molar-refractivity contribution in [3.8, 4) is 0 Å². The zero-order chi connectivity index (χ0) is 25.7. The Morgan fingerprint density at radius 2 is 1.89 bits per heavy atom. The number of carbonyl (C=O) groups excluding carboxylic acids is 3. The van der Waals surface area contributed by atoms with E-state index in [1.165, 1.54) is 33.3 Å². The predicted octanol–water partition coefficient (Wildman–Crippen LogP) is 3.35. The molecule has 0 bridgehead atoms. The molecule has 2 unspecified atom stereocenters. The molecule has 2 N–H and O–H groups in total. The van der Waals surface area contributed by atoms with Crippen LogP contribution in [0, 0.1) is 0 Å². The van der Waals surface area contributed by atoms with Crippen molar-refractivity contribution in [3.05, 3.63) is 52.2 Å². The van der Waals surface area contributed by atoms with E-state index >= 15 is 0 Å². The molecule has 12 heteroatoms. The third-order valence-electron chi connectivity index (χ3n) is 6.19. The zero-order valence-corrected chi connectivity index (χ0v) is 20.2. The molecule has 1 aromatic carbocycles. The first-order chi connectivity index (χ1) is 17.2. The van der Waals surface area contributed by atoms with E-state index in [9.17, 15) is 27.6 Å². The second-order valence-electron chi connectivity index (χ2n) is 8.69. The van der Waals surface area contributed by atoms with Crippen LogP contribution in [0.5, 0.6) is 0 Å². The van der Waals surface area contributed by atoms with Crippen molar-refractivity contribution < 1.29 is 32.3 Å². The van der Waals surface area contributed by atoms with Crippen LogP contribution in [0.1, 0.15) is 23.3 Å². The molecule has 0 saturated carbocycles. The molecule has 2 saturated heterocycles. The van der Waals surface area contributed by atoms with Gasteiger partial charge in [-0.15, -0.1) is 11.3 Å². The molecule has 0 spiro atoms. The first-order valence-corrected chi connectivity index (χ1v) is 12.5. The van der Waals surface area contributed by atoms with E-state index in [0.717, 1.165) is 29.9 Å². The quantitative estimate of drug-likeness (QED) is 0.607. The van der Waals surface area contributed by atoms with Crippen LogP contribution in [0.25, 0.3) is 0 Å². The largest absolute Gasteiger partial charge is 0.416 e. The van der Waals surface area contributed by atoms with Crippen LogP contribution in [0.2, 0.25) is 0 Å². The summed E-state index contributed by atoms with van der Waals surface area (Å²) in [6, 6.07) is 6.37. The monoisotopic (exact) mass is 524 g/mol. The average Bonchev–Trinajstić information content (AvgIpc) is 3.56. The van der Waals surface area contributed by atoms with Crippen molar-refractivity contribution in [1.82, 2.24) is 15.1 Å². The number of ether oxygens (including phenoxy) is 1. The summed E-state index contributed by atoms with van der Waals surface area (Å²) in [5.41, 5.74) is -0.620. The summed E-state index contributed by atoms with van der Waals surface area (Å²) in [5.74, 6) is -0.588. The highest BCUT2D eigenvalue weighted by atomic mass is 32.1. The Morgan fingerprint density at radius 1 is 1.11 bits per heavy atom. The van der Waals surface area contributed by atoms with Gasteiger partial charge in [0.2, 0.25) is 11.8 Å². The highest BCUT2D eigenvalue weighted by Gasteiger charge is 2.37. The van der Waals surface area contributed by atoms with Gasteiger partial charge in [-0.1, -0.05) is 6.07 Å². The van der Waals surface area contributed by atoms with Gasteiger partial charge in [0, 0.05) is 36.8 Å². The van der Waals surface area contributed by atoms with E-state index in [2.05, 4.69) is 10.6 Å². The molecule has 194 valence electrons. The number of thiophene rings is 1. The zero-order valence-electron chi connectivity index (χ0n) is 19.4. The lowest BCUT2D eigenvalue weighted by atomic mass is 10.1. The van der Waals surface area contributed by atoms with Gasteiger partial charge in [0.25, 0.3) is 0 Å². The summed E-state index contributed by atoms with van der Waals surface area (Å²) < 4.78 is 44.0. The minimum Gasteiger partial charge on any atom is -0.376 e. The molecule has 3 heterocycles. The summed E-state index contributed by atoms with van der Waals surface area (Å²) >= 11 is 1.45. The first-order valence-electron chi connectivity index (χ1n) is 11.6. The predicted molar refractivity (Wildman–Crippen MR) is 128 cm³/mol. The number of anilines is 1. The van der Waals surface area contributed by atoms with Crippen LogP contribution < -0.4 is 10.6 Å². The molecule has 36 heavy (non-hydrogen) atoms. The van der Waals surface area contributed by atoms with Crippen molar-refractivity contribution in [1.29, 1.82) is 0 Å². The molecule has 4 amide bonds. The van der Waals surface area contributed by atoms with Crippen molar-refractivity contribution >= 4 is 34.9 Å². The third kappa shape index (κ3) is 6.55. The summed E-state index contributed by atoms with van der Waals surface area (Å²) in [6.07, 6.45) is -2.63. The minimum absolute atomic E-state index is 0.0417. The van der Waals surface area contributed by atoms with Crippen molar-refractivity contribution in [2.75, 3.05) is 38.1 Å². The lowest BCUT2D eigenvalue weighted by molar-refractivity contribution is -0.142. The van der Waals surface area contributed by atoms with E-state index < -0.39 is 23.8 Å². The Balaban J connectivity index is 1.42. The summed E-state index contributed by atoms with van der Waals surface area (Å²) in [6.45, 7) is 1.26. The van der Waals surface area contributed by atoms with Gasteiger partial charge in [-0.05, 0) is 48.6 Å². The van der Waals surface area contributed by atoms with Gasteiger partial charge in [-0.2, -0.15) is 13.2 Å². The molecule has 8 nitrogen and oxygen atoms in total. The molecule has 0 aliphatic carbocycles. The number of hydrogen-bond donors (Lipinski definition) is 2. The van der Waals surface area contributed by atoms with Crippen LogP contribution in [-0.2, 0) is 26.9 Å². The SMILES string of the molecule is O=C(NCC1CCCO1)C1CN(C(=O)Nc2ccc(C(F)(F)F)cc2)CCN1C(=O)Cc1cccs1. The molecule has 2 aliphatic heterocycles. The molecular weight excluding hydrogens is 497 g/mol. The molecule has 2 aliphatic rings. The van der Waals surface area contributed by atoms with Crippen molar-refractivity contribution in [3.63, 3.8) is 0 Å². The van der Waals surface area contributed by atoms with Gasteiger partial charge in [0.15, 0.2) is 0 Å². The van der Waals surface area contributed by atoms with Gasteiger partial charge in [0.05, 0.1) is 24.6 Å². The number of hydrogen-bond acceptors (Lipinski definition) is 5. The second kappa shape index (κ2) is 11.3. The van der Waals surface area contributed by atoms with Gasteiger partial charge in [0.1, 0.15) is 6.04 Å². The maximum absolute atomic E-state index is 13.1. The van der Waals surface area contributed by atoms with Crippen molar-refractivity contribution in [2.24, 2.45) is 0 Å². The molecule has 0 radical (unpaired) electrons. The third-order valence-corrected chi connectivity index (χ3v) is 7.06. The number of nitrogens with one attached hydrogen (secondary N) is 2. The Hall–Kier alpha value is -3.12. The second-order valence-corrected chi connectivity index (χ2v) is 9.72. The number of rotatable bonds is 6. The van der Waals surface area contributed by atoms with E-state index in [-0.39, 0.29) is 49.7 Å². The highest BCUT2D eigenvalue weighted by molar-refractivity contribution is 7.10. The first kappa shape index (κ1) is 26.0. The summed E-state index contributed by atoms with van der Waals surface area (Å²) in [4.78, 5) is 42.8. The van der Waals surface area contributed by atoms with Gasteiger partial charge < -0.3 is 25.2 Å². The molecule has 2 aromatic rings. The standard InChI is InChI=1S/C24H27F3N4O4S/c25-24(26,27)16-5-7-17(8-6-16)29-23(34)30-9-10-31(21(32)13-19-4-2-12-36-19)20(15-30)22(33)28-14-18-3-1-11-35-18/h2,4-8,12,18,20H,1,3,9-11,13-15H2,(H,28,33)(H,29,34). The van der Waals surface area contributed by atoms with Crippen LogP contribution in [0.4, 0.5) is 23.7 Å². The topological polar surface area (TPSA) is 91.0 Å². The summed E-state index contributed by atoms with van der Waals surface area (Å²) in [5, 5.41) is 7.29. The Bertz CT molecular complexity index is 1060. The molecule has 1 aromatic heterocycles. The molecular formula is C24H27F3N4O4S. The fraction of sp³-hybridized carbons (Fsp3) is 0.458. The Kier molecular flexibility index (Phi) is 8.14. The number of alkyl halides is 3. The van der Waals surface area contributed by atoms with Crippen LogP contribution in [-0.4, -0.2) is 72.6 Å². The summed E-state index contributed by atoms with van der Waals surface area (Å²) in [7, 11) is 0. The average molecular weight is 525 g/mol. The maximum atomic E-state index is 13.1. The van der Waals surface area contributed by atoms with E-state index in [4.69, 9.17) is 4.74 Å². The Morgan fingerprint density at radius 3 is 2.53 bits per heavy atom. The van der Waals surface area contributed by atoms with Crippen molar-refractivity contribution in [2.45, 2.75) is 37.6 Å². The van der Waals surface area contributed by atoms with Crippen LogP contribution in [0.3, 0.4) is 0 Å². The maximum Gasteiger partial charge on any atom is 0.416 e. The van der Waals surface area contributed by atoms with E-state index in [1.807, 2.05) is 17.5 Å². The lowest BCUT2D eigenvalue weighted by Crippen LogP contribution is -2.62. The number of halogens is 3. The van der Waals surface area contributed by atoms with E-state index in [1.54, 1.807) is 0 Å². The highest BCUT2D eigenvalue weighted by Crippen LogP contribution is 2.30. The Labute approximate surface area is 210 Å². The lowest BCUT2D eigenvalue weighted by Gasteiger charge is -2.40. The number of nitrogens with zero attached hydrogens (tertiary/aromatic N) is 2. The number of carbonyl (C=O) groups is 3. The number of amides is 4. The number of benzene rings is 1. The van der Waals surface area contributed by atoms with Crippen LogP contribution >= 0.6 is 11.3 Å². The normalized spacial score (nSPS) is 20.3. The van der Waals surface area contributed by atoms with Gasteiger partial charge in [-0.25, -0.2) is 4.79 Å². The molecule has 2 fully saturated rings. The fourth-order valence-corrected chi connectivity index (χ4v) is 4.93.